The number of carbonyl (C=O) groups is 1. The number of hydrogen-bond donors (Lipinski definition) is 2. The molecule has 0 aliphatic heterocycles. The summed E-state index contributed by atoms with van der Waals surface area (Å²) in [6.45, 7) is 3.65. The summed E-state index contributed by atoms with van der Waals surface area (Å²) in [7, 11) is 1.63. The Kier molecular flexibility index (Phi) is 6.97. The quantitative estimate of drug-likeness (QED) is 0.687. The third-order valence-electron chi connectivity index (χ3n) is 3.16. The lowest BCUT2D eigenvalue weighted by molar-refractivity contribution is 0.0942. The molecular formula is C17H22N4O3. The Hall–Kier alpha value is -2.67. The van der Waals surface area contributed by atoms with Gasteiger partial charge in [-0.15, -0.1) is 10.2 Å². The van der Waals surface area contributed by atoms with Crippen LogP contribution < -0.4 is 15.4 Å². The van der Waals surface area contributed by atoms with E-state index in [2.05, 4.69) is 20.8 Å². The summed E-state index contributed by atoms with van der Waals surface area (Å²) in [5.74, 6) is 1.03. The summed E-state index contributed by atoms with van der Waals surface area (Å²) in [5.41, 5.74) is 1.07. The van der Waals surface area contributed by atoms with E-state index < -0.39 is 0 Å². The third-order valence-corrected chi connectivity index (χ3v) is 3.16. The highest BCUT2D eigenvalue weighted by Gasteiger charge is 2.08. The van der Waals surface area contributed by atoms with Crippen molar-refractivity contribution in [1.82, 2.24) is 15.5 Å². The molecule has 24 heavy (non-hydrogen) atoms. The minimum atomic E-state index is -0.250. The Morgan fingerprint density at radius 3 is 2.71 bits per heavy atom. The summed E-state index contributed by atoms with van der Waals surface area (Å²) >= 11 is 0. The molecule has 128 valence electrons. The van der Waals surface area contributed by atoms with Gasteiger partial charge in [-0.1, -0.05) is 12.1 Å². The molecule has 2 rings (SSSR count). The first-order valence-corrected chi connectivity index (χ1v) is 7.84. The van der Waals surface area contributed by atoms with Gasteiger partial charge >= 0.3 is 0 Å². The normalized spacial score (nSPS) is 10.2. The van der Waals surface area contributed by atoms with Crippen molar-refractivity contribution in [3.8, 4) is 5.75 Å². The van der Waals surface area contributed by atoms with Crippen molar-refractivity contribution in [2.75, 3.05) is 32.2 Å². The molecular weight excluding hydrogens is 308 g/mol. The molecule has 0 atom stereocenters. The van der Waals surface area contributed by atoms with Gasteiger partial charge in [-0.25, -0.2) is 0 Å². The summed E-state index contributed by atoms with van der Waals surface area (Å²) < 4.78 is 10.5. The molecule has 7 nitrogen and oxygen atoms in total. The van der Waals surface area contributed by atoms with E-state index in [-0.39, 0.29) is 11.6 Å². The van der Waals surface area contributed by atoms with E-state index in [1.54, 1.807) is 19.2 Å². The van der Waals surface area contributed by atoms with Gasteiger partial charge in [0, 0.05) is 20.3 Å². The van der Waals surface area contributed by atoms with Crippen LogP contribution in [0.5, 0.6) is 5.75 Å². The maximum Gasteiger partial charge on any atom is 0.271 e. The monoisotopic (exact) mass is 330 g/mol. The first kappa shape index (κ1) is 17.7. The zero-order valence-corrected chi connectivity index (χ0v) is 13.9. The van der Waals surface area contributed by atoms with Crippen LogP contribution in [0.4, 0.5) is 11.5 Å². The van der Waals surface area contributed by atoms with Gasteiger partial charge in [0.15, 0.2) is 11.5 Å². The van der Waals surface area contributed by atoms with Crippen molar-refractivity contribution >= 4 is 17.4 Å². The molecule has 0 radical (unpaired) electrons. The van der Waals surface area contributed by atoms with Crippen molar-refractivity contribution in [3.05, 3.63) is 42.1 Å². The van der Waals surface area contributed by atoms with Crippen LogP contribution in [-0.2, 0) is 4.74 Å². The van der Waals surface area contributed by atoms with Crippen LogP contribution in [0.1, 0.15) is 23.8 Å². The Balaban J connectivity index is 1.96. The molecule has 7 heteroatoms. The maximum absolute atomic E-state index is 11.9. The highest BCUT2D eigenvalue weighted by atomic mass is 16.5. The van der Waals surface area contributed by atoms with E-state index >= 15 is 0 Å². The minimum absolute atomic E-state index is 0.250. The molecule has 0 bridgehead atoms. The minimum Gasteiger partial charge on any atom is -0.492 e. The van der Waals surface area contributed by atoms with E-state index in [1.165, 1.54) is 0 Å². The Morgan fingerprint density at radius 1 is 1.17 bits per heavy atom. The van der Waals surface area contributed by atoms with Gasteiger partial charge < -0.3 is 20.1 Å². The lowest BCUT2D eigenvalue weighted by Gasteiger charge is -2.11. The number of nitrogens with zero attached hydrogens (tertiary/aromatic N) is 2. The fourth-order valence-corrected chi connectivity index (χ4v) is 2.02. The van der Waals surface area contributed by atoms with Gasteiger partial charge in [-0.05, 0) is 37.6 Å². The molecule has 2 N–H and O–H groups in total. The number of methoxy groups -OCH3 is 1. The van der Waals surface area contributed by atoms with E-state index in [0.29, 0.717) is 25.6 Å². The third kappa shape index (κ3) is 5.20. The first-order chi connectivity index (χ1) is 11.7. The van der Waals surface area contributed by atoms with Crippen molar-refractivity contribution in [3.63, 3.8) is 0 Å². The zero-order chi connectivity index (χ0) is 17.2. The molecule has 1 aromatic carbocycles. The molecule has 0 aliphatic rings. The van der Waals surface area contributed by atoms with Gasteiger partial charge in [0.25, 0.3) is 5.91 Å². The second kappa shape index (κ2) is 9.46. The van der Waals surface area contributed by atoms with E-state index in [0.717, 1.165) is 17.9 Å². The van der Waals surface area contributed by atoms with E-state index in [1.807, 2.05) is 31.2 Å². The van der Waals surface area contributed by atoms with Crippen molar-refractivity contribution in [2.24, 2.45) is 0 Å². The van der Waals surface area contributed by atoms with E-state index in [9.17, 15) is 4.79 Å². The summed E-state index contributed by atoms with van der Waals surface area (Å²) in [4.78, 5) is 11.9. The molecule has 0 fully saturated rings. The number of ether oxygens (including phenoxy) is 2. The number of hydrogen-bond acceptors (Lipinski definition) is 6. The van der Waals surface area contributed by atoms with Crippen LogP contribution in [0.3, 0.4) is 0 Å². The van der Waals surface area contributed by atoms with Crippen LogP contribution in [0, 0.1) is 0 Å². The van der Waals surface area contributed by atoms with Crippen LogP contribution in [-0.4, -0.2) is 43.0 Å². The van der Waals surface area contributed by atoms with Crippen molar-refractivity contribution in [2.45, 2.75) is 13.3 Å². The molecule has 1 amide bonds. The molecule has 1 aromatic heterocycles. The fraction of sp³-hybridized carbons (Fsp3) is 0.353. The molecule has 0 aliphatic carbocycles. The Bertz CT molecular complexity index is 647. The maximum atomic E-state index is 11.9. The van der Waals surface area contributed by atoms with Crippen molar-refractivity contribution in [1.29, 1.82) is 0 Å². The predicted octanol–water partition coefficient (Wildman–Crippen LogP) is 2.39. The van der Waals surface area contributed by atoms with Crippen LogP contribution in [0.2, 0.25) is 0 Å². The largest absolute Gasteiger partial charge is 0.492 e. The van der Waals surface area contributed by atoms with Crippen LogP contribution in [0.15, 0.2) is 36.4 Å². The first-order valence-electron chi connectivity index (χ1n) is 7.84. The lowest BCUT2D eigenvalue weighted by Crippen LogP contribution is -2.26. The number of aromatic nitrogens is 2. The molecule has 0 spiro atoms. The van der Waals surface area contributed by atoms with Gasteiger partial charge in [-0.3, -0.25) is 4.79 Å². The molecule has 0 unspecified atom stereocenters. The number of carbonyl (C=O) groups excluding carboxylic acids is 1. The fourth-order valence-electron chi connectivity index (χ4n) is 2.02. The predicted molar refractivity (Wildman–Crippen MR) is 91.8 cm³/mol. The average molecular weight is 330 g/mol. The highest BCUT2D eigenvalue weighted by molar-refractivity contribution is 5.92. The van der Waals surface area contributed by atoms with Gasteiger partial charge in [0.1, 0.15) is 5.75 Å². The smallest absolute Gasteiger partial charge is 0.271 e. The molecule has 1 heterocycles. The van der Waals surface area contributed by atoms with Crippen LogP contribution in [0.25, 0.3) is 0 Å². The standard InChI is InChI=1S/C17H22N4O3/c1-3-24-15-8-5-4-7-13(15)19-16-10-9-14(20-21-16)17(22)18-11-6-12-23-2/h4-5,7-10H,3,6,11-12H2,1-2H3,(H,18,22)(H,19,21). The second-order valence-corrected chi connectivity index (χ2v) is 4.96. The zero-order valence-electron chi connectivity index (χ0n) is 13.9. The molecule has 0 saturated carbocycles. The number of benzene rings is 1. The Labute approximate surface area is 141 Å². The molecule has 2 aromatic rings. The number of amides is 1. The molecule has 0 saturated heterocycles. The number of rotatable bonds is 9. The number of anilines is 2. The van der Waals surface area contributed by atoms with Gasteiger partial charge in [-0.2, -0.15) is 0 Å². The highest BCUT2D eigenvalue weighted by Crippen LogP contribution is 2.26. The number of nitrogens with one attached hydrogen (secondary N) is 2. The topological polar surface area (TPSA) is 85.4 Å². The van der Waals surface area contributed by atoms with Crippen LogP contribution >= 0.6 is 0 Å². The average Bonchev–Trinajstić information content (AvgIpc) is 2.61. The van der Waals surface area contributed by atoms with E-state index in [4.69, 9.17) is 9.47 Å². The summed E-state index contributed by atoms with van der Waals surface area (Å²) in [6.07, 6.45) is 0.753. The van der Waals surface area contributed by atoms with Gasteiger partial charge in [0.2, 0.25) is 0 Å². The summed E-state index contributed by atoms with van der Waals surface area (Å²) in [5, 5.41) is 13.9. The SMILES string of the molecule is CCOc1ccccc1Nc1ccc(C(=O)NCCCOC)nn1. The van der Waals surface area contributed by atoms with Gasteiger partial charge in [0.05, 0.1) is 12.3 Å². The lowest BCUT2D eigenvalue weighted by atomic mass is 10.3. The number of para-hydroxylation sites is 2. The Morgan fingerprint density at radius 2 is 2.00 bits per heavy atom. The van der Waals surface area contributed by atoms with Crippen molar-refractivity contribution < 1.29 is 14.3 Å². The second-order valence-electron chi connectivity index (χ2n) is 4.96. The summed E-state index contributed by atoms with van der Waals surface area (Å²) in [6, 6.07) is 10.9.